The summed E-state index contributed by atoms with van der Waals surface area (Å²) in [6.45, 7) is 4.04. The van der Waals surface area contributed by atoms with Gasteiger partial charge in [-0.1, -0.05) is 18.2 Å². The molecule has 2 unspecified atom stereocenters. The molecular formula is C19H25N3O3. The van der Waals surface area contributed by atoms with Crippen LogP contribution in [-0.2, 0) is 16.0 Å². The Labute approximate surface area is 147 Å². The summed E-state index contributed by atoms with van der Waals surface area (Å²) in [6.07, 6.45) is 2.54. The predicted octanol–water partition coefficient (Wildman–Crippen LogP) is 1.88. The van der Waals surface area contributed by atoms with Gasteiger partial charge in [-0.15, -0.1) is 0 Å². The van der Waals surface area contributed by atoms with Crippen molar-refractivity contribution >= 4 is 16.8 Å². The first kappa shape index (κ1) is 16.5. The number of para-hydroxylation sites is 1. The number of nitrogens with one attached hydrogen (secondary N) is 1. The zero-order chi connectivity index (χ0) is 17.4. The van der Waals surface area contributed by atoms with Crippen molar-refractivity contribution in [1.82, 2.24) is 15.1 Å². The van der Waals surface area contributed by atoms with E-state index in [0.29, 0.717) is 26.1 Å². The number of aliphatic hydroxyl groups is 1. The summed E-state index contributed by atoms with van der Waals surface area (Å²) in [5, 5.41) is 18.5. The molecule has 1 amide bonds. The highest BCUT2D eigenvalue weighted by Crippen LogP contribution is 2.50. The average molecular weight is 343 g/mol. The van der Waals surface area contributed by atoms with Crippen LogP contribution in [0.25, 0.3) is 10.9 Å². The van der Waals surface area contributed by atoms with Crippen molar-refractivity contribution in [2.45, 2.75) is 44.8 Å². The molecule has 6 nitrogen and oxygen atoms in total. The summed E-state index contributed by atoms with van der Waals surface area (Å²) < 4.78 is 5.79. The third-order valence-corrected chi connectivity index (χ3v) is 6.03. The van der Waals surface area contributed by atoms with Gasteiger partial charge in [0.2, 0.25) is 5.91 Å². The number of piperidine rings is 1. The Hall–Kier alpha value is -1.92. The van der Waals surface area contributed by atoms with Gasteiger partial charge in [-0.3, -0.25) is 9.89 Å². The van der Waals surface area contributed by atoms with Crippen LogP contribution < -0.4 is 0 Å². The quantitative estimate of drug-likeness (QED) is 0.888. The van der Waals surface area contributed by atoms with Crippen LogP contribution in [0.5, 0.6) is 0 Å². The van der Waals surface area contributed by atoms with E-state index in [1.807, 2.05) is 36.1 Å². The van der Waals surface area contributed by atoms with E-state index in [9.17, 15) is 9.90 Å². The maximum Gasteiger partial charge on any atom is 0.228 e. The molecule has 2 N–H and O–H groups in total. The van der Waals surface area contributed by atoms with Gasteiger partial charge in [0.15, 0.2) is 0 Å². The molecule has 1 aromatic heterocycles. The second-order valence-electron chi connectivity index (χ2n) is 7.21. The first-order chi connectivity index (χ1) is 12.1. The molecule has 1 saturated carbocycles. The van der Waals surface area contributed by atoms with E-state index in [1.54, 1.807) is 0 Å². The van der Waals surface area contributed by atoms with Gasteiger partial charge >= 0.3 is 0 Å². The van der Waals surface area contributed by atoms with Gasteiger partial charge in [0.05, 0.1) is 29.8 Å². The molecular weight excluding hydrogens is 318 g/mol. The monoisotopic (exact) mass is 343 g/mol. The van der Waals surface area contributed by atoms with E-state index < -0.39 is 0 Å². The predicted molar refractivity (Wildman–Crippen MR) is 94.1 cm³/mol. The minimum atomic E-state index is -0.294. The first-order valence-electron chi connectivity index (χ1n) is 9.13. The highest BCUT2D eigenvalue weighted by atomic mass is 16.5. The molecule has 2 fully saturated rings. The van der Waals surface area contributed by atoms with E-state index in [-0.39, 0.29) is 23.5 Å². The first-order valence-corrected chi connectivity index (χ1v) is 9.13. The second kappa shape index (κ2) is 6.42. The summed E-state index contributed by atoms with van der Waals surface area (Å²) in [5.41, 5.74) is 1.62. The number of amides is 1. The standard InChI is InChI=1S/C19H25N3O3/c1-2-25-17-12-16(23)19(17)7-9-22(10-8-19)18(24)11-15-13-5-3-4-6-14(13)20-21-15/h3-6,16-17,23H,2,7-12H2,1H3,(H,20,21). The summed E-state index contributed by atoms with van der Waals surface area (Å²) in [7, 11) is 0. The zero-order valence-corrected chi connectivity index (χ0v) is 14.6. The van der Waals surface area contributed by atoms with Gasteiger partial charge in [0, 0.05) is 36.9 Å². The molecule has 2 aliphatic rings. The lowest BCUT2D eigenvalue weighted by molar-refractivity contribution is -0.210. The van der Waals surface area contributed by atoms with E-state index >= 15 is 0 Å². The van der Waals surface area contributed by atoms with Crippen LogP contribution in [0, 0.1) is 5.41 Å². The summed E-state index contributed by atoms with van der Waals surface area (Å²) >= 11 is 0. The van der Waals surface area contributed by atoms with Crippen LogP contribution in [-0.4, -0.2) is 58.0 Å². The van der Waals surface area contributed by atoms with Crippen molar-refractivity contribution in [3.63, 3.8) is 0 Å². The van der Waals surface area contributed by atoms with Gasteiger partial charge in [-0.2, -0.15) is 5.10 Å². The zero-order valence-electron chi connectivity index (χ0n) is 14.6. The number of fused-ring (bicyclic) bond motifs is 1. The molecule has 134 valence electrons. The van der Waals surface area contributed by atoms with E-state index in [4.69, 9.17) is 4.74 Å². The largest absolute Gasteiger partial charge is 0.392 e. The number of aromatic nitrogens is 2. The number of carbonyl (C=O) groups excluding carboxylic acids is 1. The molecule has 1 saturated heterocycles. The molecule has 2 heterocycles. The minimum absolute atomic E-state index is 0.117. The summed E-state index contributed by atoms with van der Waals surface area (Å²) in [5.74, 6) is 0.117. The van der Waals surface area contributed by atoms with Crippen molar-refractivity contribution in [2.75, 3.05) is 19.7 Å². The number of carbonyl (C=O) groups is 1. The third kappa shape index (κ3) is 2.73. The molecule has 25 heavy (non-hydrogen) atoms. The molecule has 2 aromatic rings. The molecule has 4 rings (SSSR count). The number of aliphatic hydroxyl groups excluding tert-OH is 1. The molecule has 1 spiro atoms. The number of aromatic amines is 1. The Morgan fingerprint density at radius 3 is 2.88 bits per heavy atom. The van der Waals surface area contributed by atoms with Crippen LogP contribution >= 0.6 is 0 Å². The Morgan fingerprint density at radius 2 is 2.16 bits per heavy atom. The van der Waals surface area contributed by atoms with Crippen LogP contribution in [0.1, 0.15) is 31.9 Å². The van der Waals surface area contributed by atoms with Gasteiger partial charge in [0.1, 0.15) is 0 Å². The molecule has 0 radical (unpaired) electrons. The fraction of sp³-hybridized carbons (Fsp3) is 0.579. The molecule has 1 aliphatic heterocycles. The number of nitrogens with zero attached hydrogens (tertiary/aromatic N) is 2. The van der Waals surface area contributed by atoms with Crippen LogP contribution in [0.15, 0.2) is 24.3 Å². The SMILES string of the molecule is CCOC1CC(O)C12CCN(C(=O)Cc1[nH]nc3ccccc13)CC2. The van der Waals surface area contributed by atoms with Gasteiger partial charge in [-0.05, 0) is 25.8 Å². The van der Waals surface area contributed by atoms with Crippen molar-refractivity contribution < 1.29 is 14.6 Å². The fourth-order valence-corrected chi connectivity index (χ4v) is 4.40. The van der Waals surface area contributed by atoms with E-state index in [1.165, 1.54) is 0 Å². The van der Waals surface area contributed by atoms with E-state index in [0.717, 1.165) is 35.9 Å². The molecule has 1 aliphatic carbocycles. The smallest absolute Gasteiger partial charge is 0.228 e. The number of rotatable bonds is 4. The third-order valence-electron chi connectivity index (χ3n) is 6.03. The highest BCUT2D eigenvalue weighted by molar-refractivity contribution is 5.87. The average Bonchev–Trinajstić information content (AvgIpc) is 3.05. The van der Waals surface area contributed by atoms with Gasteiger partial charge in [-0.25, -0.2) is 0 Å². The van der Waals surface area contributed by atoms with Crippen molar-refractivity contribution in [1.29, 1.82) is 0 Å². The minimum Gasteiger partial charge on any atom is -0.392 e. The lowest BCUT2D eigenvalue weighted by Crippen LogP contribution is -2.62. The van der Waals surface area contributed by atoms with Crippen LogP contribution in [0.4, 0.5) is 0 Å². The second-order valence-corrected chi connectivity index (χ2v) is 7.21. The Bertz CT molecular complexity index is 762. The number of hydrogen-bond donors (Lipinski definition) is 2. The molecule has 1 aromatic carbocycles. The maximum absolute atomic E-state index is 12.7. The number of H-pyrrole nitrogens is 1. The van der Waals surface area contributed by atoms with Gasteiger partial charge in [0.25, 0.3) is 0 Å². The number of likely N-dealkylation sites (tertiary alicyclic amines) is 1. The van der Waals surface area contributed by atoms with Crippen molar-refractivity contribution in [3.05, 3.63) is 30.0 Å². The Morgan fingerprint density at radius 1 is 1.40 bits per heavy atom. The fourth-order valence-electron chi connectivity index (χ4n) is 4.40. The number of ether oxygens (including phenoxy) is 1. The number of benzene rings is 1. The van der Waals surface area contributed by atoms with Crippen LogP contribution in [0.2, 0.25) is 0 Å². The van der Waals surface area contributed by atoms with Crippen LogP contribution in [0.3, 0.4) is 0 Å². The molecule has 0 bridgehead atoms. The topological polar surface area (TPSA) is 78.5 Å². The summed E-state index contributed by atoms with van der Waals surface area (Å²) in [6, 6.07) is 7.83. The normalized spacial score (nSPS) is 25.3. The highest BCUT2D eigenvalue weighted by Gasteiger charge is 2.56. The molecule has 2 atom stereocenters. The Balaban J connectivity index is 1.40. The number of hydrogen-bond acceptors (Lipinski definition) is 4. The summed E-state index contributed by atoms with van der Waals surface area (Å²) in [4.78, 5) is 14.6. The lowest BCUT2D eigenvalue weighted by atomic mass is 9.58. The maximum atomic E-state index is 12.7. The van der Waals surface area contributed by atoms with Gasteiger partial charge < -0.3 is 14.7 Å². The Kier molecular flexibility index (Phi) is 4.25. The van der Waals surface area contributed by atoms with E-state index in [2.05, 4.69) is 10.2 Å². The lowest BCUT2D eigenvalue weighted by Gasteiger charge is -2.56. The van der Waals surface area contributed by atoms with Crippen molar-refractivity contribution in [2.24, 2.45) is 5.41 Å². The van der Waals surface area contributed by atoms with Crippen molar-refractivity contribution in [3.8, 4) is 0 Å². The molecule has 6 heteroatoms.